The Labute approximate surface area is 189 Å². The van der Waals surface area contributed by atoms with Crippen molar-refractivity contribution in [3.8, 4) is 0 Å². The molecule has 0 N–H and O–H groups in total. The van der Waals surface area contributed by atoms with Gasteiger partial charge in [-0.15, -0.1) is 0 Å². The van der Waals surface area contributed by atoms with Gasteiger partial charge in [0.2, 0.25) is 0 Å². The quantitative estimate of drug-likeness (QED) is 0.429. The minimum Gasteiger partial charge on any atom is -0.0651 e. The predicted molar refractivity (Wildman–Crippen MR) is 132 cm³/mol. The van der Waals surface area contributed by atoms with Crippen LogP contribution >= 0.6 is 0 Å². The minimum absolute atomic E-state index is 0.975. The Morgan fingerprint density at radius 1 is 0.533 bits per heavy atom. The Kier molecular flexibility index (Phi) is 8.67. The zero-order chi connectivity index (χ0) is 20.9. The molecule has 4 aliphatic rings. The fraction of sp³-hybridized carbons (Fsp3) is 1.00. The van der Waals surface area contributed by atoms with E-state index in [1.807, 2.05) is 0 Å². The van der Waals surface area contributed by atoms with E-state index in [-0.39, 0.29) is 0 Å². The van der Waals surface area contributed by atoms with E-state index in [1.54, 1.807) is 64.2 Å². The number of rotatable bonds is 4. The topological polar surface area (TPSA) is 0 Å². The van der Waals surface area contributed by atoms with Gasteiger partial charge in [-0.2, -0.15) is 0 Å². The Morgan fingerprint density at radius 3 is 1.77 bits per heavy atom. The molecule has 0 nitrogen and oxygen atoms in total. The van der Waals surface area contributed by atoms with Crippen LogP contribution in [-0.2, 0) is 0 Å². The van der Waals surface area contributed by atoms with Crippen LogP contribution in [0.25, 0.3) is 0 Å². The van der Waals surface area contributed by atoms with Gasteiger partial charge in [-0.25, -0.2) is 0 Å². The molecular weight excluding hydrogens is 360 g/mol. The highest BCUT2D eigenvalue weighted by Gasteiger charge is 2.49. The van der Waals surface area contributed by atoms with Crippen molar-refractivity contribution in [1.29, 1.82) is 0 Å². The van der Waals surface area contributed by atoms with Crippen LogP contribution in [0.1, 0.15) is 136 Å². The highest BCUT2D eigenvalue weighted by molar-refractivity contribution is 4.98. The van der Waals surface area contributed by atoms with Gasteiger partial charge in [0.15, 0.2) is 0 Å². The first-order valence-corrected chi connectivity index (χ1v) is 14.7. The van der Waals surface area contributed by atoms with Gasteiger partial charge in [0, 0.05) is 0 Å². The molecule has 0 radical (unpaired) electrons. The summed E-state index contributed by atoms with van der Waals surface area (Å²) in [6.45, 7) is 7.85. The maximum atomic E-state index is 2.71. The molecule has 6 unspecified atom stereocenters. The Hall–Kier alpha value is 0. The molecule has 0 bridgehead atoms. The summed E-state index contributed by atoms with van der Waals surface area (Å²) in [7, 11) is 0. The molecule has 0 aromatic carbocycles. The van der Waals surface area contributed by atoms with Crippen molar-refractivity contribution in [2.24, 2.45) is 53.3 Å². The maximum Gasteiger partial charge on any atom is -0.0324 e. The molecular formula is C30H54. The van der Waals surface area contributed by atoms with E-state index in [2.05, 4.69) is 20.8 Å². The largest absolute Gasteiger partial charge is 0.0651 e. The van der Waals surface area contributed by atoms with E-state index in [4.69, 9.17) is 0 Å². The van der Waals surface area contributed by atoms with Crippen molar-refractivity contribution in [2.45, 2.75) is 136 Å². The fourth-order valence-electron chi connectivity index (χ4n) is 9.16. The van der Waals surface area contributed by atoms with E-state index < -0.39 is 0 Å². The Balaban J connectivity index is 1.58. The normalized spacial score (nSPS) is 44.5. The van der Waals surface area contributed by atoms with Gasteiger partial charge in [-0.3, -0.25) is 0 Å². The lowest BCUT2D eigenvalue weighted by molar-refractivity contribution is -0.0632. The molecule has 30 heavy (non-hydrogen) atoms. The molecule has 0 aromatic rings. The summed E-state index contributed by atoms with van der Waals surface area (Å²) in [6.07, 6.45) is 27.8. The summed E-state index contributed by atoms with van der Waals surface area (Å²) in [4.78, 5) is 0. The van der Waals surface area contributed by atoms with Crippen molar-refractivity contribution >= 4 is 0 Å². The lowest BCUT2D eigenvalue weighted by atomic mass is 9.50. The lowest BCUT2D eigenvalue weighted by Crippen LogP contribution is -2.48. The summed E-state index contributed by atoms with van der Waals surface area (Å²) >= 11 is 0. The van der Waals surface area contributed by atoms with Gasteiger partial charge < -0.3 is 0 Å². The highest BCUT2D eigenvalue weighted by Crippen LogP contribution is 2.57. The van der Waals surface area contributed by atoms with Crippen molar-refractivity contribution in [2.75, 3.05) is 0 Å². The van der Waals surface area contributed by atoms with E-state index >= 15 is 0 Å². The van der Waals surface area contributed by atoms with Gasteiger partial charge in [0.1, 0.15) is 0 Å². The summed E-state index contributed by atoms with van der Waals surface area (Å²) in [5.41, 5.74) is 0. The second-order valence-electron chi connectivity index (χ2n) is 12.6. The summed E-state index contributed by atoms with van der Waals surface area (Å²) in [5, 5.41) is 0. The smallest absolute Gasteiger partial charge is 0.0324 e. The molecule has 4 fully saturated rings. The molecule has 6 atom stereocenters. The molecule has 0 amide bonds. The molecule has 0 saturated heterocycles. The molecule has 0 aliphatic heterocycles. The third kappa shape index (κ3) is 5.31. The molecule has 4 rings (SSSR count). The van der Waals surface area contributed by atoms with Crippen molar-refractivity contribution in [1.82, 2.24) is 0 Å². The van der Waals surface area contributed by atoms with E-state index in [9.17, 15) is 0 Å². The van der Waals surface area contributed by atoms with Gasteiger partial charge in [-0.1, -0.05) is 104 Å². The van der Waals surface area contributed by atoms with E-state index in [0.717, 1.165) is 53.3 Å². The van der Waals surface area contributed by atoms with Crippen LogP contribution in [0.4, 0.5) is 0 Å². The highest BCUT2D eigenvalue weighted by atomic mass is 14.5. The molecule has 4 saturated carbocycles. The van der Waals surface area contributed by atoms with Crippen molar-refractivity contribution < 1.29 is 0 Å². The molecule has 0 spiro atoms. The Morgan fingerprint density at radius 2 is 1.10 bits per heavy atom. The molecule has 174 valence electrons. The fourth-order valence-corrected chi connectivity index (χ4v) is 9.16. The summed E-state index contributed by atoms with van der Waals surface area (Å²) < 4.78 is 0. The second-order valence-corrected chi connectivity index (χ2v) is 12.6. The third-order valence-electron chi connectivity index (χ3n) is 11.1. The minimum atomic E-state index is 0.975. The molecule has 0 heteroatoms. The van der Waals surface area contributed by atoms with Crippen LogP contribution < -0.4 is 0 Å². The summed E-state index contributed by atoms with van der Waals surface area (Å²) in [6, 6.07) is 0. The third-order valence-corrected chi connectivity index (χ3v) is 11.1. The summed E-state index contributed by atoms with van der Waals surface area (Å²) in [5.74, 6) is 9.40. The molecule has 0 heterocycles. The van der Waals surface area contributed by atoms with E-state index in [1.165, 1.54) is 51.4 Å². The number of hydrogen-bond donors (Lipinski definition) is 0. The second kappa shape index (κ2) is 11.2. The monoisotopic (exact) mass is 414 g/mol. The Bertz CT molecular complexity index is 480. The van der Waals surface area contributed by atoms with Crippen LogP contribution in [0.15, 0.2) is 0 Å². The van der Waals surface area contributed by atoms with Crippen LogP contribution in [-0.4, -0.2) is 0 Å². The average molecular weight is 415 g/mol. The maximum absolute atomic E-state index is 2.71. The van der Waals surface area contributed by atoms with Crippen LogP contribution in [0.3, 0.4) is 0 Å². The van der Waals surface area contributed by atoms with E-state index in [0.29, 0.717) is 0 Å². The van der Waals surface area contributed by atoms with Crippen LogP contribution in [0, 0.1) is 53.3 Å². The first-order chi connectivity index (χ1) is 14.7. The van der Waals surface area contributed by atoms with Gasteiger partial charge in [0.25, 0.3) is 0 Å². The standard InChI is InChI=1S/C30H54/c1-4-24-17-19-26(20-18-24)30-28-16-12-7-5-6-11-15-27(28)22(2)23(3)29(30)21-25-13-9-8-10-14-25/h22-30H,4-21H2,1-3H3. The van der Waals surface area contributed by atoms with Crippen LogP contribution in [0.2, 0.25) is 0 Å². The first-order valence-electron chi connectivity index (χ1n) is 14.7. The van der Waals surface area contributed by atoms with Gasteiger partial charge in [0.05, 0.1) is 0 Å². The van der Waals surface area contributed by atoms with Gasteiger partial charge in [-0.05, 0) is 85.4 Å². The zero-order valence-corrected chi connectivity index (χ0v) is 20.9. The zero-order valence-electron chi connectivity index (χ0n) is 20.9. The first kappa shape index (κ1) is 23.2. The number of hydrogen-bond acceptors (Lipinski definition) is 0. The van der Waals surface area contributed by atoms with Crippen LogP contribution in [0.5, 0.6) is 0 Å². The van der Waals surface area contributed by atoms with Gasteiger partial charge >= 0.3 is 0 Å². The molecule has 4 aliphatic carbocycles. The van der Waals surface area contributed by atoms with Crippen molar-refractivity contribution in [3.05, 3.63) is 0 Å². The lowest BCUT2D eigenvalue weighted by Gasteiger charge is -2.55. The molecule has 0 aromatic heterocycles. The SMILES string of the molecule is CCC1CCC(C2C(CC3CCCCC3)C(C)C(C)C3CCCCCCCC32)CC1. The average Bonchev–Trinajstić information content (AvgIpc) is 2.91. The predicted octanol–water partition coefficient (Wildman–Crippen LogP) is 9.67. The number of fused-ring (bicyclic) bond motifs is 1. The van der Waals surface area contributed by atoms with Crippen molar-refractivity contribution in [3.63, 3.8) is 0 Å².